The van der Waals surface area contributed by atoms with Crippen LogP contribution in [-0.2, 0) is 14.2 Å². The molecule has 0 aliphatic carbocycles. The van der Waals surface area contributed by atoms with Crippen LogP contribution in [0.2, 0.25) is 0 Å². The van der Waals surface area contributed by atoms with Crippen molar-refractivity contribution in [1.82, 2.24) is 0 Å². The number of halogens is 1. The van der Waals surface area contributed by atoms with E-state index < -0.39 is 6.29 Å². The average molecular weight is 366 g/mol. The molecule has 140 valence electrons. The summed E-state index contributed by atoms with van der Waals surface area (Å²) in [6.07, 6.45) is 3.17. The SMILES string of the molecule is C/C=C/COC1COC(c2ccc(C#Cc3ccc(C)cc3)c(F)c2)OC1. The fraction of sp³-hybridized carbons (Fsp3) is 0.304. The molecule has 27 heavy (non-hydrogen) atoms. The molecule has 0 unspecified atom stereocenters. The predicted molar refractivity (Wildman–Crippen MR) is 103 cm³/mol. The smallest absolute Gasteiger partial charge is 0.184 e. The third kappa shape index (κ3) is 5.51. The lowest BCUT2D eigenvalue weighted by Crippen LogP contribution is -2.33. The monoisotopic (exact) mass is 366 g/mol. The van der Waals surface area contributed by atoms with E-state index in [1.54, 1.807) is 12.1 Å². The summed E-state index contributed by atoms with van der Waals surface area (Å²) in [6.45, 7) is 5.32. The summed E-state index contributed by atoms with van der Waals surface area (Å²) in [5, 5.41) is 0. The Kier molecular flexibility index (Phi) is 6.78. The van der Waals surface area contributed by atoms with E-state index in [0.29, 0.717) is 30.9 Å². The second-order valence-corrected chi connectivity index (χ2v) is 6.38. The molecule has 4 heteroatoms. The number of hydrogen-bond donors (Lipinski definition) is 0. The van der Waals surface area contributed by atoms with Gasteiger partial charge in [0.05, 0.1) is 25.4 Å². The summed E-state index contributed by atoms with van der Waals surface area (Å²) in [5.41, 5.74) is 3.01. The molecule has 1 fully saturated rings. The van der Waals surface area contributed by atoms with Crippen LogP contribution in [0.3, 0.4) is 0 Å². The van der Waals surface area contributed by atoms with E-state index in [1.165, 1.54) is 6.07 Å². The number of benzene rings is 2. The third-order valence-corrected chi connectivity index (χ3v) is 4.19. The van der Waals surface area contributed by atoms with Crippen molar-refractivity contribution in [2.24, 2.45) is 0 Å². The zero-order chi connectivity index (χ0) is 19.1. The minimum atomic E-state index is -0.583. The number of aryl methyl sites for hydroxylation is 1. The van der Waals surface area contributed by atoms with Crippen molar-refractivity contribution in [2.75, 3.05) is 19.8 Å². The molecule has 3 nitrogen and oxygen atoms in total. The van der Waals surface area contributed by atoms with Crippen LogP contribution < -0.4 is 0 Å². The van der Waals surface area contributed by atoms with Crippen LogP contribution in [0.4, 0.5) is 4.39 Å². The number of ether oxygens (including phenoxy) is 3. The van der Waals surface area contributed by atoms with Crippen LogP contribution in [0.5, 0.6) is 0 Å². The Morgan fingerprint density at radius 1 is 1.11 bits per heavy atom. The highest BCUT2D eigenvalue weighted by molar-refractivity contribution is 5.44. The third-order valence-electron chi connectivity index (χ3n) is 4.19. The molecule has 0 atom stereocenters. The van der Waals surface area contributed by atoms with Gasteiger partial charge in [0.25, 0.3) is 0 Å². The van der Waals surface area contributed by atoms with Crippen molar-refractivity contribution < 1.29 is 18.6 Å². The Hall–Kier alpha value is -2.45. The van der Waals surface area contributed by atoms with Crippen LogP contribution in [0.1, 0.15) is 35.5 Å². The van der Waals surface area contributed by atoms with E-state index in [0.717, 1.165) is 11.1 Å². The lowest BCUT2D eigenvalue weighted by atomic mass is 10.1. The number of allylic oxidation sites excluding steroid dienone is 1. The minimum Gasteiger partial charge on any atom is -0.369 e. The first-order valence-electron chi connectivity index (χ1n) is 9.00. The van der Waals surface area contributed by atoms with E-state index in [9.17, 15) is 4.39 Å². The van der Waals surface area contributed by atoms with Crippen LogP contribution >= 0.6 is 0 Å². The molecular weight excluding hydrogens is 343 g/mol. The maximum Gasteiger partial charge on any atom is 0.184 e. The van der Waals surface area contributed by atoms with Crippen LogP contribution in [0, 0.1) is 24.6 Å². The second kappa shape index (κ2) is 9.48. The number of rotatable bonds is 4. The first-order chi connectivity index (χ1) is 13.2. The molecule has 0 saturated carbocycles. The molecule has 0 aromatic heterocycles. The maximum absolute atomic E-state index is 14.4. The number of hydrogen-bond acceptors (Lipinski definition) is 3. The Labute approximate surface area is 159 Å². The van der Waals surface area contributed by atoms with Crippen LogP contribution in [0.15, 0.2) is 54.6 Å². The fourth-order valence-corrected chi connectivity index (χ4v) is 2.62. The zero-order valence-corrected chi connectivity index (χ0v) is 15.6. The lowest BCUT2D eigenvalue weighted by molar-refractivity contribution is -0.228. The van der Waals surface area contributed by atoms with Gasteiger partial charge in [0.1, 0.15) is 11.9 Å². The quantitative estimate of drug-likeness (QED) is 0.587. The molecular formula is C23H23FO3. The van der Waals surface area contributed by atoms with E-state index >= 15 is 0 Å². The Morgan fingerprint density at radius 3 is 2.52 bits per heavy atom. The summed E-state index contributed by atoms with van der Waals surface area (Å²) in [7, 11) is 0. The van der Waals surface area contributed by atoms with Gasteiger partial charge in [-0.05, 0) is 38.1 Å². The highest BCUT2D eigenvalue weighted by atomic mass is 19.1. The summed E-state index contributed by atoms with van der Waals surface area (Å²) >= 11 is 0. The molecule has 2 aromatic carbocycles. The molecule has 0 radical (unpaired) electrons. The molecule has 2 aromatic rings. The second-order valence-electron chi connectivity index (χ2n) is 6.38. The van der Waals surface area contributed by atoms with Crippen molar-refractivity contribution in [3.8, 4) is 11.8 Å². The predicted octanol–water partition coefficient (Wildman–Crippen LogP) is 4.54. The van der Waals surface area contributed by atoms with Gasteiger partial charge in [-0.25, -0.2) is 4.39 Å². The molecule has 0 bridgehead atoms. The van der Waals surface area contributed by atoms with E-state index in [-0.39, 0.29) is 11.9 Å². The summed E-state index contributed by atoms with van der Waals surface area (Å²) in [4.78, 5) is 0. The summed E-state index contributed by atoms with van der Waals surface area (Å²) in [6, 6.07) is 12.7. The lowest BCUT2D eigenvalue weighted by Gasteiger charge is -2.29. The Balaban J connectivity index is 1.61. The van der Waals surface area contributed by atoms with Gasteiger partial charge in [-0.15, -0.1) is 0 Å². The molecule has 0 amide bonds. The topological polar surface area (TPSA) is 27.7 Å². The molecule has 1 saturated heterocycles. The maximum atomic E-state index is 14.4. The van der Waals surface area contributed by atoms with Crippen molar-refractivity contribution in [3.05, 3.63) is 82.7 Å². The van der Waals surface area contributed by atoms with Crippen LogP contribution in [0.25, 0.3) is 0 Å². The van der Waals surface area contributed by atoms with E-state index in [4.69, 9.17) is 14.2 Å². The molecule has 1 aliphatic rings. The van der Waals surface area contributed by atoms with Gasteiger partial charge in [0.15, 0.2) is 6.29 Å². The van der Waals surface area contributed by atoms with Crippen molar-refractivity contribution >= 4 is 0 Å². The first kappa shape index (κ1) is 19.3. The zero-order valence-electron chi connectivity index (χ0n) is 15.6. The van der Waals surface area contributed by atoms with Crippen molar-refractivity contribution in [2.45, 2.75) is 26.2 Å². The fourth-order valence-electron chi connectivity index (χ4n) is 2.62. The van der Waals surface area contributed by atoms with Crippen molar-refractivity contribution in [3.63, 3.8) is 0 Å². The molecule has 1 heterocycles. The van der Waals surface area contributed by atoms with Gasteiger partial charge >= 0.3 is 0 Å². The van der Waals surface area contributed by atoms with Gasteiger partial charge in [-0.3, -0.25) is 0 Å². The Morgan fingerprint density at radius 2 is 1.85 bits per heavy atom. The van der Waals surface area contributed by atoms with Gasteiger partial charge < -0.3 is 14.2 Å². The molecule has 0 spiro atoms. The minimum absolute atomic E-state index is 0.109. The van der Waals surface area contributed by atoms with Gasteiger partial charge in [0, 0.05) is 11.1 Å². The molecule has 1 aliphatic heterocycles. The molecule has 0 N–H and O–H groups in total. The highest BCUT2D eigenvalue weighted by Gasteiger charge is 2.24. The standard InChI is InChI=1S/C23H23FO3/c1-3-4-13-25-21-15-26-23(27-16-21)20-12-11-19(22(24)14-20)10-9-18-7-5-17(2)6-8-18/h3-8,11-12,14,21,23H,13,15-16H2,1-2H3/b4-3+. The van der Waals surface area contributed by atoms with E-state index in [2.05, 4.69) is 11.8 Å². The van der Waals surface area contributed by atoms with Gasteiger partial charge in [0.2, 0.25) is 0 Å². The largest absolute Gasteiger partial charge is 0.369 e. The Bertz CT molecular complexity index is 838. The first-order valence-corrected chi connectivity index (χ1v) is 9.00. The van der Waals surface area contributed by atoms with Gasteiger partial charge in [-0.2, -0.15) is 0 Å². The van der Waals surface area contributed by atoms with Crippen molar-refractivity contribution in [1.29, 1.82) is 0 Å². The normalized spacial score (nSPS) is 19.7. The van der Waals surface area contributed by atoms with Crippen LogP contribution in [-0.4, -0.2) is 25.9 Å². The van der Waals surface area contributed by atoms with E-state index in [1.807, 2.05) is 50.3 Å². The highest BCUT2D eigenvalue weighted by Crippen LogP contribution is 2.25. The average Bonchev–Trinajstić information content (AvgIpc) is 2.69. The summed E-state index contributed by atoms with van der Waals surface area (Å²) in [5.74, 6) is 5.48. The molecule has 3 rings (SSSR count). The summed E-state index contributed by atoms with van der Waals surface area (Å²) < 4.78 is 31.3. The van der Waals surface area contributed by atoms with Gasteiger partial charge in [-0.1, -0.05) is 47.8 Å².